The minimum Gasteiger partial charge on any atom is -0.315 e. The minimum absolute atomic E-state index is 0.755. The minimum atomic E-state index is 0.755. The lowest BCUT2D eigenvalue weighted by atomic mass is 9.99. The second-order valence-electron chi connectivity index (χ2n) is 6.18. The van der Waals surface area contributed by atoms with Crippen LogP contribution in [0.2, 0.25) is 0 Å². The smallest absolute Gasteiger partial charge is 0.0223 e. The average molecular weight is 237 g/mol. The summed E-state index contributed by atoms with van der Waals surface area (Å²) in [5, 5.41) is 3.53. The van der Waals surface area contributed by atoms with Crippen LogP contribution in [0.1, 0.15) is 32.1 Å². The van der Waals surface area contributed by atoms with Gasteiger partial charge in [0.05, 0.1) is 0 Å². The Bertz CT molecular complexity index is 252. The molecule has 3 aliphatic rings. The number of likely N-dealkylation sites (N-methyl/N-ethyl adjacent to an activating group) is 1. The summed E-state index contributed by atoms with van der Waals surface area (Å²) in [4.78, 5) is 5.44. The van der Waals surface area contributed by atoms with E-state index in [1.165, 1.54) is 64.8 Å². The Labute approximate surface area is 106 Å². The molecule has 0 aromatic rings. The summed E-state index contributed by atoms with van der Waals surface area (Å²) in [5.41, 5.74) is 0. The van der Waals surface area contributed by atoms with Crippen molar-refractivity contribution < 1.29 is 0 Å². The van der Waals surface area contributed by atoms with Crippen LogP contribution in [0.15, 0.2) is 0 Å². The number of hydrogen-bond donors (Lipinski definition) is 1. The lowest BCUT2D eigenvalue weighted by molar-refractivity contribution is 0.0440. The molecule has 0 spiro atoms. The van der Waals surface area contributed by atoms with Crippen LogP contribution in [0, 0.1) is 5.92 Å². The van der Waals surface area contributed by atoms with Gasteiger partial charge in [-0.15, -0.1) is 0 Å². The van der Waals surface area contributed by atoms with Crippen molar-refractivity contribution in [2.24, 2.45) is 5.92 Å². The van der Waals surface area contributed by atoms with E-state index in [1.54, 1.807) is 0 Å². The van der Waals surface area contributed by atoms with Crippen molar-refractivity contribution in [2.45, 2.75) is 44.2 Å². The van der Waals surface area contributed by atoms with Gasteiger partial charge < -0.3 is 5.32 Å². The van der Waals surface area contributed by atoms with Gasteiger partial charge in [0, 0.05) is 38.3 Å². The first kappa shape index (κ1) is 11.9. The monoisotopic (exact) mass is 237 g/mol. The summed E-state index contributed by atoms with van der Waals surface area (Å²) < 4.78 is 0. The van der Waals surface area contributed by atoms with Gasteiger partial charge in [0.2, 0.25) is 0 Å². The van der Waals surface area contributed by atoms with Gasteiger partial charge in [-0.2, -0.15) is 0 Å². The second kappa shape index (κ2) is 5.25. The van der Waals surface area contributed by atoms with Crippen molar-refractivity contribution in [3.8, 4) is 0 Å². The van der Waals surface area contributed by atoms with Gasteiger partial charge in [-0.3, -0.25) is 9.80 Å². The predicted octanol–water partition coefficient (Wildman–Crippen LogP) is 1.15. The van der Waals surface area contributed by atoms with Crippen molar-refractivity contribution >= 4 is 0 Å². The molecule has 0 amide bonds. The summed E-state index contributed by atoms with van der Waals surface area (Å²) in [6.45, 7) is 6.57. The Morgan fingerprint density at radius 2 is 2.00 bits per heavy atom. The normalized spacial score (nSPS) is 33.4. The SMILES string of the molecule is CNC(CN1CCN2CCCCC2C1)C1CC1. The molecule has 2 aliphatic heterocycles. The third-order valence-corrected chi connectivity index (χ3v) is 4.94. The van der Waals surface area contributed by atoms with Crippen LogP contribution in [0.3, 0.4) is 0 Å². The van der Waals surface area contributed by atoms with Gasteiger partial charge in [-0.1, -0.05) is 6.42 Å². The number of nitrogens with one attached hydrogen (secondary N) is 1. The lowest BCUT2D eigenvalue weighted by Crippen LogP contribution is -2.56. The Kier molecular flexibility index (Phi) is 3.69. The summed E-state index contributed by atoms with van der Waals surface area (Å²) in [7, 11) is 2.14. The lowest BCUT2D eigenvalue weighted by Gasteiger charge is -2.44. The highest BCUT2D eigenvalue weighted by atomic mass is 15.3. The van der Waals surface area contributed by atoms with E-state index in [-0.39, 0.29) is 0 Å². The molecule has 0 bridgehead atoms. The highest BCUT2D eigenvalue weighted by Crippen LogP contribution is 2.33. The molecular weight excluding hydrogens is 210 g/mol. The fourth-order valence-electron chi connectivity index (χ4n) is 3.64. The average Bonchev–Trinajstić information content (AvgIpc) is 3.20. The Hall–Kier alpha value is -0.120. The zero-order valence-corrected chi connectivity index (χ0v) is 11.2. The van der Waals surface area contributed by atoms with Gasteiger partial charge in [-0.05, 0) is 45.2 Å². The molecule has 2 heterocycles. The van der Waals surface area contributed by atoms with Crippen molar-refractivity contribution in [3.05, 3.63) is 0 Å². The van der Waals surface area contributed by atoms with Crippen molar-refractivity contribution in [2.75, 3.05) is 39.8 Å². The zero-order valence-electron chi connectivity index (χ0n) is 11.2. The van der Waals surface area contributed by atoms with E-state index in [1.807, 2.05) is 0 Å². The third kappa shape index (κ3) is 2.83. The topological polar surface area (TPSA) is 18.5 Å². The molecule has 0 aromatic heterocycles. The van der Waals surface area contributed by atoms with Gasteiger partial charge in [0.15, 0.2) is 0 Å². The molecule has 17 heavy (non-hydrogen) atoms. The first-order valence-corrected chi connectivity index (χ1v) is 7.50. The van der Waals surface area contributed by atoms with E-state index < -0.39 is 0 Å². The number of nitrogens with zero attached hydrogens (tertiary/aromatic N) is 2. The molecule has 2 saturated heterocycles. The summed E-state index contributed by atoms with van der Waals surface area (Å²) >= 11 is 0. The van der Waals surface area contributed by atoms with Crippen LogP contribution >= 0.6 is 0 Å². The van der Waals surface area contributed by atoms with E-state index in [0.29, 0.717) is 0 Å². The summed E-state index contributed by atoms with van der Waals surface area (Å²) in [6, 6.07) is 1.62. The van der Waals surface area contributed by atoms with Crippen LogP contribution in [0.4, 0.5) is 0 Å². The number of piperazine rings is 1. The van der Waals surface area contributed by atoms with E-state index >= 15 is 0 Å². The highest BCUT2D eigenvalue weighted by molar-refractivity contribution is 4.91. The van der Waals surface area contributed by atoms with Crippen LogP contribution < -0.4 is 5.32 Å². The summed E-state index contributed by atoms with van der Waals surface area (Å²) in [5.74, 6) is 0.976. The van der Waals surface area contributed by atoms with Gasteiger partial charge in [0.1, 0.15) is 0 Å². The maximum absolute atomic E-state index is 3.53. The first-order valence-electron chi connectivity index (χ1n) is 7.50. The molecule has 1 aliphatic carbocycles. The first-order chi connectivity index (χ1) is 8.36. The Morgan fingerprint density at radius 3 is 2.76 bits per heavy atom. The van der Waals surface area contributed by atoms with Gasteiger partial charge >= 0.3 is 0 Å². The summed E-state index contributed by atoms with van der Waals surface area (Å²) in [6.07, 6.45) is 7.22. The predicted molar refractivity (Wildman–Crippen MR) is 71.2 cm³/mol. The van der Waals surface area contributed by atoms with Crippen molar-refractivity contribution in [3.63, 3.8) is 0 Å². The fourth-order valence-corrected chi connectivity index (χ4v) is 3.64. The van der Waals surface area contributed by atoms with E-state index in [4.69, 9.17) is 0 Å². The second-order valence-corrected chi connectivity index (χ2v) is 6.18. The van der Waals surface area contributed by atoms with Crippen LogP contribution in [0.5, 0.6) is 0 Å². The standard InChI is InChI=1S/C14H27N3/c1-15-14(12-5-6-12)11-16-8-9-17-7-3-2-4-13(17)10-16/h12-15H,2-11H2,1H3. The molecule has 1 N–H and O–H groups in total. The number of fused-ring (bicyclic) bond motifs is 1. The Morgan fingerprint density at radius 1 is 1.12 bits per heavy atom. The molecule has 3 nitrogen and oxygen atoms in total. The van der Waals surface area contributed by atoms with E-state index in [9.17, 15) is 0 Å². The van der Waals surface area contributed by atoms with Gasteiger partial charge in [-0.25, -0.2) is 0 Å². The molecule has 1 saturated carbocycles. The molecule has 2 unspecified atom stereocenters. The third-order valence-electron chi connectivity index (χ3n) is 4.94. The number of piperidine rings is 1. The maximum Gasteiger partial charge on any atom is 0.0223 e. The van der Waals surface area contributed by atoms with E-state index in [0.717, 1.165) is 18.0 Å². The molecule has 3 fully saturated rings. The number of hydrogen-bond acceptors (Lipinski definition) is 3. The molecule has 0 radical (unpaired) electrons. The van der Waals surface area contributed by atoms with E-state index in [2.05, 4.69) is 22.2 Å². The van der Waals surface area contributed by atoms with Crippen LogP contribution in [-0.4, -0.2) is 61.7 Å². The van der Waals surface area contributed by atoms with Crippen LogP contribution in [-0.2, 0) is 0 Å². The van der Waals surface area contributed by atoms with Gasteiger partial charge in [0.25, 0.3) is 0 Å². The van der Waals surface area contributed by atoms with Crippen molar-refractivity contribution in [1.29, 1.82) is 0 Å². The largest absolute Gasteiger partial charge is 0.315 e. The maximum atomic E-state index is 3.53. The fraction of sp³-hybridized carbons (Fsp3) is 1.00. The quantitative estimate of drug-likeness (QED) is 0.791. The highest BCUT2D eigenvalue weighted by Gasteiger charge is 2.34. The molecular formula is C14H27N3. The van der Waals surface area contributed by atoms with Crippen LogP contribution in [0.25, 0.3) is 0 Å². The van der Waals surface area contributed by atoms with Crippen molar-refractivity contribution in [1.82, 2.24) is 15.1 Å². The molecule has 0 aromatic carbocycles. The molecule has 2 atom stereocenters. The zero-order chi connectivity index (χ0) is 11.7. The molecule has 3 rings (SSSR count). The molecule has 98 valence electrons. The molecule has 3 heteroatoms. The Balaban J connectivity index is 1.51. The number of rotatable bonds is 4.